The van der Waals surface area contributed by atoms with Gasteiger partial charge in [-0.05, 0) is 39.2 Å². The molecular weight excluding hydrogens is 228 g/mol. The second-order valence-electron chi connectivity index (χ2n) is 5.48. The van der Waals surface area contributed by atoms with Crippen LogP contribution >= 0.6 is 0 Å². The highest BCUT2D eigenvalue weighted by Crippen LogP contribution is 2.22. The number of rotatable bonds is 4. The summed E-state index contributed by atoms with van der Waals surface area (Å²) in [6.45, 7) is 8.28. The van der Waals surface area contributed by atoms with Crippen LogP contribution in [0.4, 0.5) is 0 Å². The number of hydrogen-bond acceptors (Lipinski definition) is 4. The molecule has 1 aliphatic heterocycles. The highest BCUT2D eigenvalue weighted by molar-refractivity contribution is 5.90. The maximum absolute atomic E-state index is 11.2. The molecule has 0 bridgehead atoms. The Bertz CT molecular complexity index is 412. The molecule has 0 aromatic carbocycles. The minimum atomic E-state index is -0.0544. The van der Waals surface area contributed by atoms with Gasteiger partial charge in [-0.25, -0.2) is 4.98 Å². The summed E-state index contributed by atoms with van der Waals surface area (Å²) in [4.78, 5) is 17.8. The third-order valence-corrected chi connectivity index (χ3v) is 3.64. The van der Waals surface area contributed by atoms with Crippen LogP contribution in [0.1, 0.15) is 50.1 Å². The van der Waals surface area contributed by atoms with Crippen molar-refractivity contribution in [3.8, 4) is 0 Å². The maximum Gasteiger partial charge on any atom is 0.196 e. The van der Waals surface area contributed by atoms with Gasteiger partial charge in [0.1, 0.15) is 0 Å². The molecule has 0 amide bonds. The normalized spacial score (nSPS) is 21.4. The van der Waals surface area contributed by atoms with E-state index >= 15 is 0 Å². The van der Waals surface area contributed by atoms with Crippen molar-refractivity contribution in [3.63, 3.8) is 0 Å². The molecule has 1 aliphatic rings. The second-order valence-corrected chi connectivity index (χ2v) is 5.48. The van der Waals surface area contributed by atoms with Crippen LogP contribution in [0.25, 0.3) is 0 Å². The van der Waals surface area contributed by atoms with E-state index in [0.717, 1.165) is 13.0 Å². The van der Waals surface area contributed by atoms with E-state index < -0.39 is 0 Å². The number of likely N-dealkylation sites (tertiary alicyclic amines) is 1. The zero-order chi connectivity index (χ0) is 13.1. The van der Waals surface area contributed by atoms with Crippen LogP contribution in [-0.4, -0.2) is 34.8 Å². The predicted molar refractivity (Wildman–Crippen MR) is 69.6 cm³/mol. The standard InChI is InChI=1S/C14H22N2O2/c1-10(2)16-6-4-5-12(9-16)7-14-15-8-13(18-14)11(3)17/h8,10,12H,4-7,9H2,1-3H3. The van der Waals surface area contributed by atoms with Crippen molar-refractivity contribution >= 4 is 5.78 Å². The molecule has 4 nitrogen and oxygen atoms in total. The molecule has 100 valence electrons. The largest absolute Gasteiger partial charge is 0.438 e. The number of piperidine rings is 1. The van der Waals surface area contributed by atoms with Crippen molar-refractivity contribution in [2.75, 3.05) is 13.1 Å². The van der Waals surface area contributed by atoms with E-state index in [-0.39, 0.29) is 5.78 Å². The molecule has 1 aromatic rings. The van der Waals surface area contributed by atoms with Gasteiger partial charge in [-0.15, -0.1) is 0 Å². The van der Waals surface area contributed by atoms with Gasteiger partial charge in [0.15, 0.2) is 17.4 Å². The molecule has 1 unspecified atom stereocenters. The van der Waals surface area contributed by atoms with Gasteiger partial charge in [0.05, 0.1) is 6.20 Å². The predicted octanol–water partition coefficient (Wildman–Crippen LogP) is 2.54. The molecule has 0 spiro atoms. The van der Waals surface area contributed by atoms with Gasteiger partial charge in [-0.2, -0.15) is 0 Å². The fourth-order valence-electron chi connectivity index (χ4n) is 2.55. The Hall–Kier alpha value is -1.16. The molecule has 18 heavy (non-hydrogen) atoms. The van der Waals surface area contributed by atoms with Crippen LogP contribution in [-0.2, 0) is 6.42 Å². The van der Waals surface area contributed by atoms with Crippen LogP contribution in [0.5, 0.6) is 0 Å². The molecule has 2 rings (SSSR count). The Morgan fingerprint density at radius 3 is 3.00 bits per heavy atom. The summed E-state index contributed by atoms with van der Waals surface area (Å²) in [6, 6.07) is 0.602. The number of nitrogens with zero attached hydrogens (tertiary/aromatic N) is 2. The number of oxazole rings is 1. The lowest BCUT2D eigenvalue weighted by molar-refractivity contribution is 0.0983. The van der Waals surface area contributed by atoms with Gasteiger partial charge >= 0.3 is 0 Å². The van der Waals surface area contributed by atoms with E-state index in [2.05, 4.69) is 23.7 Å². The summed E-state index contributed by atoms with van der Waals surface area (Å²) in [5.74, 6) is 1.62. The molecule has 2 heterocycles. The van der Waals surface area contributed by atoms with Crippen molar-refractivity contribution in [1.82, 2.24) is 9.88 Å². The Morgan fingerprint density at radius 2 is 2.39 bits per heavy atom. The van der Waals surface area contributed by atoms with Crippen LogP contribution in [0.3, 0.4) is 0 Å². The van der Waals surface area contributed by atoms with Crippen molar-refractivity contribution < 1.29 is 9.21 Å². The Morgan fingerprint density at radius 1 is 1.61 bits per heavy atom. The van der Waals surface area contributed by atoms with Crippen molar-refractivity contribution in [2.24, 2.45) is 5.92 Å². The van der Waals surface area contributed by atoms with E-state index in [1.54, 1.807) is 6.20 Å². The molecule has 1 fully saturated rings. The molecule has 1 aromatic heterocycles. The van der Waals surface area contributed by atoms with Gasteiger partial charge in [0, 0.05) is 25.9 Å². The van der Waals surface area contributed by atoms with Crippen LogP contribution < -0.4 is 0 Å². The highest BCUT2D eigenvalue weighted by atomic mass is 16.4. The number of ketones is 1. The number of carbonyl (C=O) groups is 1. The number of hydrogen-bond donors (Lipinski definition) is 0. The first-order valence-corrected chi connectivity index (χ1v) is 6.76. The maximum atomic E-state index is 11.2. The lowest BCUT2D eigenvalue weighted by atomic mass is 9.94. The fraction of sp³-hybridized carbons (Fsp3) is 0.714. The van der Waals surface area contributed by atoms with Gasteiger partial charge in [-0.1, -0.05) is 0 Å². The number of carbonyl (C=O) groups excluding carboxylic acids is 1. The average molecular weight is 250 g/mol. The van der Waals surface area contributed by atoms with Crippen LogP contribution in [0, 0.1) is 5.92 Å². The molecular formula is C14H22N2O2. The summed E-state index contributed by atoms with van der Waals surface area (Å²) >= 11 is 0. The van der Waals surface area contributed by atoms with Gasteiger partial charge in [-0.3, -0.25) is 4.79 Å². The van der Waals surface area contributed by atoms with Gasteiger partial charge < -0.3 is 9.32 Å². The minimum Gasteiger partial charge on any atom is -0.438 e. The molecule has 4 heteroatoms. The molecule has 0 radical (unpaired) electrons. The first kappa shape index (κ1) is 13.3. The fourth-order valence-corrected chi connectivity index (χ4v) is 2.55. The summed E-state index contributed by atoms with van der Waals surface area (Å²) in [5, 5.41) is 0. The Kier molecular flexibility index (Phi) is 4.17. The zero-order valence-corrected chi connectivity index (χ0v) is 11.5. The van der Waals surface area contributed by atoms with E-state index in [1.165, 1.54) is 26.3 Å². The van der Waals surface area contributed by atoms with Gasteiger partial charge in [0.25, 0.3) is 0 Å². The number of Topliss-reactive ketones (excluding diaryl/α,β-unsaturated/α-hetero) is 1. The third-order valence-electron chi connectivity index (χ3n) is 3.64. The van der Waals surface area contributed by atoms with E-state index in [0.29, 0.717) is 23.6 Å². The molecule has 0 aliphatic carbocycles. The lowest BCUT2D eigenvalue weighted by Gasteiger charge is -2.35. The van der Waals surface area contributed by atoms with Crippen molar-refractivity contribution in [1.29, 1.82) is 0 Å². The topological polar surface area (TPSA) is 46.3 Å². The first-order chi connectivity index (χ1) is 8.56. The molecule has 0 N–H and O–H groups in total. The number of aromatic nitrogens is 1. The second kappa shape index (κ2) is 5.65. The van der Waals surface area contributed by atoms with Crippen LogP contribution in [0.2, 0.25) is 0 Å². The van der Waals surface area contributed by atoms with Crippen LogP contribution in [0.15, 0.2) is 10.6 Å². The van der Waals surface area contributed by atoms with E-state index in [9.17, 15) is 4.79 Å². The summed E-state index contributed by atoms with van der Waals surface area (Å²) in [7, 11) is 0. The quantitative estimate of drug-likeness (QED) is 0.770. The van der Waals surface area contributed by atoms with E-state index in [4.69, 9.17) is 4.42 Å². The Labute approximate surface area is 108 Å². The smallest absolute Gasteiger partial charge is 0.196 e. The summed E-state index contributed by atoms with van der Waals surface area (Å²) in [6.07, 6.45) is 4.85. The first-order valence-electron chi connectivity index (χ1n) is 6.76. The van der Waals surface area contributed by atoms with E-state index in [1.807, 2.05) is 0 Å². The molecule has 0 saturated carbocycles. The zero-order valence-electron chi connectivity index (χ0n) is 11.5. The summed E-state index contributed by atoms with van der Waals surface area (Å²) in [5.41, 5.74) is 0. The monoisotopic (exact) mass is 250 g/mol. The lowest BCUT2D eigenvalue weighted by Crippen LogP contribution is -2.40. The molecule has 1 saturated heterocycles. The molecule has 1 atom stereocenters. The van der Waals surface area contributed by atoms with Crippen molar-refractivity contribution in [2.45, 2.75) is 46.1 Å². The van der Waals surface area contributed by atoms with Gasteiger partial charge in [0.2, 0.25) is 0 Å². The highest BCUT2D eigenvalue weighted by Gasteiger charge is 2.23. The average Bonchev–Trinajstić information content (AvgIpc) is 2.78. The third kappa shape index (κ3) is 3.19. The minimum absolute atomic E-state index is 0.0544. The summed E-state index contributed by atoms with van der Waals surface area (Å²) < 4.78 is 5.46. The SMILES string of the molecule is CC(=O)c1cnc(CC2CCCN(C(C)C)C2)o1. The Balaban J connectivity index is 1.94. The van der Waals surface area contributed by atoms with Crippen molar-refractivity contribution in [3.05, 3.63) is 17.8 Å².